The van der Waals surface area contributed by atoms with Gasteiger partial charge in [-0.1, -0.05) is 42.5 Å². The Bertz CT molecular complexity index is 628. The van der Waals surface area contributed by atoms with Gasteiger partial charge in [-0.15, -0.1) is 0 Å². The maximum atomic E-state index is 6.28. The first-order valence-corrected chi connectivity index (χ1v) is 7.50. The van der Waals surface area contributed by atoms with E-state index in [1.807, 2.05) is 24.3 Å². The van der Waals surface area contributed by atoms with Crippen molar-refractivity contribution in [1.82, 2.24) is 4.90 Å². The molecule has 1 atom stereocenters. The van der Waals surface area contributed by atoms with Gasteiger partial charge in [0.25, 0.3) is 0 Å². The third-order valence-corrected chi connectivity index (χ3v) is 4.31. The molecule has 0 aromatic heterocycles. The quantitative estimate of drug-likeness (QED) is 0.844. The predicted octanol–water partition coefficient (Wildman–Crippen LogP) is 3.10. The summed E-state index contributed by atoms with van der Waals surface area (Å²) in [7, 11) is 0. The Morgan fingerprint density at radius 3 is 2.57 bits per heavy atom. The lowest BCUT2D eigenvalue weighted by Gasteiger charge is -2.35. The number of hydrogen-bond donors (Lipinski definition) is 0. The number of hydrogen-bond acceptors (Lipinski definition) is 3. The van der Waals surface area contributed by atoms with E-state index in [9.17, 15) is 0 Å². The number of nitrogens with zero attached hydrogens (tertiary/aromatic N) is 1. The molecule has 1 saturated heterocycles. The fourth-order valence-corrected chi connectivity index (χ4v) is 3.23. The number of rotatable bonds is 2. The molecule has 2 aromatic rings. The topological polar surface area (TPSA) is 21.7 Å². The molecule has 0 radical (unpaired) electrons. The zero-order valence-electron chi connectivity index (χ0n) is 12.0. The lowest BCUT2D eigenvalue weighted by Crippen LogP contribution is -2.47. The van der Waals surface area contributed by atoms with Crippen LogP contribution >= 0.6 is 0 Å². The van der Waals surface area contributed by atoms with E-state index in [1.54, 1.807) is 0 Å². The molecule has 0 saturated carbocycles. The van der Waals surface area contributed by atoms with E-state index in [2.05, 4.69) is 35.2 Å². The van der Waals surface area contributed by atoms with Crippen molar-refractivity contribution in [3.8, 4) is 11.5 Å². The maximum absolute atomic E-state index is 6.28. The van der Waals surface area contributed by atoms with Gasteiger partial charge in [-0.2, -0.15) is 0 Å². The van der Waals surface area contributed by atoms with Crippen LogP contribution in [-0.4, -0.2) is 30.2 Å². The Labute approximate surface area is 125 Å². The lowest BCUT2D eigenvalue weighted by atomic mass is 10.0. The largest absolute Gasteiger partial charge is 0.485 e. The van der Waals surface area contributed by atoms with E-state index >= 15 is 0 Å². The highest BCUT2D eigenvalue weighted by molar-refractivity contribution is 5.41. The second-order valence-electron chi connectivity index (χ2n) is 5.97. The molecule has 0 amide bonds. The third kappa shape index (κ3) is 2.49. The van der Waals surface area contributed by atoms with Crippen molar-refractivity contribution < 1.29 is 9.47 Å². The Morgan fingerprint density at radius 2 is 1.71 bits per heavy atom. The minimum absolute atomic E-state index is 0.177. The number of para-hydroxylation sites is 2. The number of fused-ring (bicyclic) bond motifs is 1. The zero-order chi connectivity index (χ0) is 14.1. The van der Waals surface area contributed by atoms with Crippen LogP contribution in [0.2, 0.25) is 0 Å². The van der Waals surface area contributed by atoms with Gasteiger partial charge in [0.05, 0.1) is 0 Å². The van der Waals surface area contributed by atoms with Gasteiger partial charge in [0.15, 0.2) is 17.1 Å². The smallest absolute Gasteiger partial charge is 0.162 e. The molecule has 1 unspecified atom stereocenters. The van der Waals surface area contributed by atoms with Gasteiger partial charge in [0.1, 0.15) is 6.61 Å². The van der Waals surface area contributed by atoms with Crippen molar-refractivity contribution in [3.05, 3.63) is 60.2 Å². The molecule has 0 N–H and O–H groups in total. The van der Waals surface area contributed by atoms with Gasteiger partial charge in [-0.25, -0.2) is 0 Å². The first-order valence-electron chi connectivity index (χ1n) is 7.50. The lowest BCUT2D eigenvalue weighted by molar-refractivity contribution is -0.00105. The molecule has 3 nitrogen and oxygen atoms in total. The maximum Gasteiger partial charge on any atom is 0.162 e. The van der Waals surface area contributed by atoms with Gasteiger partial charge < -0.3 is 9.47 Å². The van der Waals surface area contributed by atoms with Gasteiger partial charge in [0.2, 0.25) is 0 Å². The molecule has 1 fully saturated rings. The Morgan fingerprint density at radius 1 is 0.952 bits per heavy atom. The van der Waals surface area contributed by atoms with Gasteiger partial charge in [-0.05, 0) is 17.7 Å². The van der Waals surface area contributed by atoms with Crippen LogP contribution in [0, 0.1) is 0 Å². The van der Waals surface area contributed by atoms with Crippen LogP contribution in [0.1, 0.15) is 12.0 Å². The molecule has 2 aromatic carbocycles. The number of ether oxygens (including phenoxy) is 2. The minimum atomic E-state index is -0.177. The molecule has 0 aliphatic carbocycles. The molecular formula is C18H19NO2. The molecule has 2 heterocycles. The highest BCUT2D eigenvalue weighted by Crippen LogP contribution is 2.38. The molecule has 0 bridgehead atoms. The second-order valence-corrected chi connectivity index (χ2v) is 5.97. The van der Waals surface area contributed by atoms with E-state index in [-0.39, 0.29) is 5.60 Å². The SMILES string of the molecule is c1ccc(CN2CCC3(COc4ccccc4O3)C2)cc1. The Balaban J connectivity index is 1.47. The summed E-state index contributed by atoms with van der Waals surface area (Å²) in [4.78, 5) is 2.45. The third-order valence-electron chi connectivity index (χ3n) is 4.31. The van der Waals surface area contributed by atoms with Crippen molar-refractivity contribution in [2.24, 2.45) is 0 Å². The molecule has 4 rings (SSSR count). The Kier molecular flexibility index (Phi) is 3.08. The normalized spacial score (nSPS) is 24.4. The van der Waals surface area contributed by atoms with Crippen LogP contribution in [0.3, 0.4) is 0 Å². The van der Waals surface area contributed by atoms with Crippen molar-refractivity contribution in [2.45, 2.75) is 18.6 Å². The zero-order valence-corrected chi connectivity index (χ0v) is 12.0. The van der Waals surface area contributed by atoms with Gasteiger partial charge in [0, 0.05) is 26.1 Å². The summed E-state index contributed by atoms with van der Waals surface area (Å²) in [5, 5.41) is 0. The molecule has 1 spiro atoms. The summed E-state index contributed by atoms with van der Waals surface area (Å²) in [6.45, 7) is 3.61. The van der Waals surface area contributed by atoms with Crippen LogP contribution in [0.5, 0.6) is 11.5 Å². The highest BCUT2D eigenvalue weighted by atomic mass is 16.6. The first-order chi connectivity index (χ1) is 10.3. The van der Waals surface area contributed by atoms with Crippen LogP contribution in [-0.2, 0) is 6.54 Å². The van der Waals surface area contributed by atoms with Crippen molar-refractivity contribution >= 4 is 0 Å². The molecule has 108 valence electrons. The van der Waals surface area contributed by atoms with E-state index in [0.717, 1.165) is 37.6 Å². The van der Waals surface area contributed by atoms with E-state index in [1.165, 1.54) is 5.56 Å². The summed E-state index contributed by atoms with van der Waals surface area (Å²) in [5.41, 5.74) is 1.18. The van der Waals surface area contributed by atoms with E-state index < -0.39 is 0 Å². The van der Waals surface area contributed by atoms with Crippen LogP contribution in [0.4, 0.5) is 0 Å². The summed E-state index contributed by atoms with van der Waals surface area (Å²) in [6, 6.07) is 18.6. The standard InChI is InChI=1S/C18H19NO2/c1-2-6-15(7-3-1)12-19-11-10-18(13-19)14-20-16-8-4-5-9-17(16)21-18/h1-9H,10-14H2. The fourth-order valence-electron chi connectivity index (χ4n) is 3.23. The molecule has 2 aliphatic rings. The summed E-state index contributed by atoms with van der Waals surface area (Å²) in [5.74, 6) is 1.75. The Hall–Kier alpha value is -2.00. The van der Waals surface area contributed by atoms with Crippen LogP contribution in [0.25, 0.3) is 0 Å². The van der Waals surface area contributed by atoms with Crippen LogP contribution in [0.15, 0.2) is 54.6 Å². The summed E-state index contributed by atoms with van der Waals surface area (Å²) < 4.78 is 12.2. The predicted molar refractivity (Wildman–Crippen MR) is 81.6 cm³/mol. The van der Waals surface area contributed by atoms with Gasteiger partial charge in [-0.3, -0.25) is 4.90 Å². The van der Waals surface area contributed by atoms with Gasteiger partial charge >= 0.3 is 0 Å². The molecule has 2 aliphatic heterocycles. The monoisotopic (exact) mass is 281 g/mol. The van der Waals surface area contributed by atoms with Crippen molar-refractivity contribution in [3.63, 3.8) is 0 Å². The minimum Gasteiger partial charge on any atom is -0.485 e. The molecule has 3 heteroatoms. The van der Waals surface area contributed by atoms with E-state index in [0.29, 0.717) is 6.61 Å². The molecule has 21 heavy (non-hydrogen) atoms. The van der Waals surface area contributed by atoms with Crippen molar-refractivity contribution in [2.75, 3.05) is 19.7 Å². The number of likely N-dealkylation sites (tertiary alicyclic amines) is 1. The molecular weight excluding hydrogens is 262 g/mol. The van der Waals surface area contributed by atoms with Crippen LogP contribution < -0.4 is 9.47 Å². The average Bonchev–Trinajstić information content (AvgIpc) is 2.90. The second kappa shape index (κ2) is 5.08. The fraction of sp³-hybridized carbons (Fsp3) is 0.333. The average molecular weight is 281 g/mol. The summed E-state index contributed by atoms with van der Waals surface area (Å²) in [6.07, 6.45) is 1.02. The highest BCUT2D eigenvalue weighted by Gasteiger charge is 2.43. The van der Waals surface area contributed by atoms with E-state index in [4.69, 9.17) is 9.47 Å². The first kappa shape index (κ1) is 12.7. The summed E-state index contributed by atoms with van der Waals surface area (Å²) >= 11 is 0. The number of benzene rings is 2. The van der Waals surface area contributed by atoms with Crippen molar-refractivity contribution in [1.29, 1.82) is 0 Å².